The summed E-state index contributed by atoms with van der Waals surface area (Å²) in [6, 6.07) is 5.19. The molecule has 17 heavy (non-hydrogen) atoms. The smallest absolute Gasteiger partial charge is 0.161 e. The summed E-state index contributed by atoms with van der Waals surface area (Å²) in [6.45, 7) is 0. The molecule has 0 aliphatic carbocycles. The van der Waals surface area contributed by atoms with Crippen molar-refractivity contribution in [3.8, 4) is 11.5 Å². The van der Waals surface area contributed by atoms with Gasteiger partial charge in [-0.1, -0.05) is 6.07 Å². The molecule has 1 atom stereocenters. The van der Waals surface area contributed by atoms with Crippen LogP contribution < -0.4 is 9.47 Å². The van der Waals surface area contributed by atoms with E-state index in [1.165, 1.54) is 6.20 Å². The van der Waals surface area contributed by atoms with Crippen LogP contribution in [0.25, 0.3) is 0 Å². The third-order valence-corrected chi connectivity index (χ3v) is 2.44. The summed E-state index contributed by atoms with van der Waals surface area (Å²) in [4.78, 5) is 0. The third-order valence-electron chi connectivity index (χ3n) is 2.44. The molecule has 0 amide bonds. The van der Waals surface area contributed by atoms with Crippen LogP contribution in [0, 0.1) is 0 Å². The van der Waals surface area contributed by atoms with E-state index in [2.05, 4.69) is 15.4 Å². The average Bonchev–Trinajstić information content (AvgIpc) is 2.90. The Labute approximate surface area is 98.2 Å². The molecule has 1 aromatic heterocycles. The quantitative estimate of drug-likeness (QED) is 0.823. The molecule has 2 rings (SSSR count). The van der Waals surface area contributed by atoms with Crippen molar-refractivity contribution in [2.24, 2.45) is 0 Å². The van der Waals surface area contributed by atoms with Crippen molar-refractivity contribution >= 4 is 0 Å². The Morgan fingerprint density at radius 3 is 2.59 bits per heavy atom. The van der Waals surface area contributed by atoms with Gasteiger partial charge in [0, 0.05) is 0 Å². The summed E-state index contributed by atoms with van der Waals surface area (Å²) in [5.41, 5.74) is 1.12. The lowest BCUT2D eigenvalue weighted by atomic mass is 10.1. The lowest BCUT2D eigenvalue weighted by Crippen LogP contribution is -2.01. The fourth-order valence-electron chi connectivity index (χ4n) is 1.54. The van der Waals surface area contributed by atoms with Crippen molar-refractivity contribution in [2.75, 3.05) is 14.2 Å². The zero-order chi connectivity index (χ0) is 12.3. The molecule has 2 aromatic rings. The van der Waals surface area contributed by atoms with Gasteiger partial charge in [0.05, 0.1) is 20.4 Å². The Bertz CT molecular complexity index is 485. The number of hydrogen-bond donors (Lipinski definition) is 2. The number of ether oxygens (including phenoxy) is 2. The number of hydrogen-bond acceptors (Lipinski definition) is 5. The number of nitrogens with zero attached hydrogens (tertiary/aromatic N) is 2. The van der Waals surface area contributed by atoms with Gasteiger partial charge in [0.25, 0.3) is 0 Å². The predicted molar refractivity (Wildman–Crippen MR) is 60.0 cm³/mol. The van der Waals surface area contributed by atoms with Crippen LogP contribution in [0.1, 0.15) is 17.4 Å². The first-order valence-electron chi connectivity index (χ1n) is 5.02. The van der Waals surface area contributed by atoms with Gasteiger partial charge in [-0.3, -0.25) is 0 Å². The Morgan fingerprint density at radius 1 is 1.24 bits per heavy atom. The van der Waals surface area contributed by atoms with E-state index in [-0.39, 0.29) is 0 Å². The van der Waals surface area contributed by atoms with E-state index in [0.717, 1.165) is 0 Å². The number of methoxy groups -OCH3 is 2. The van der Waals surface area contributed by atoms with Crippen molar-refractivity contribution in [2.45, 2.75) is 6.10 Å². The molecule has 0 aliphatic rings. The number of nitrogens with one attached hydrogen (secondary N) is 1. The lowest BCUT2D eigenvalue weighted by Gasteiger charge is -2.12. The van der Waals surface area contributed by atoms with E-state index in [0.29, 0.717) is 22.8 Å². The number of rotatable bonds is 4. The summed E-state index contributed by atoms with van der Waals surface area (Å²) in [6.07, 6.45) is 0.634. The molecule has 1 unspecified atom stereocenters. The van der Waals surface area contributed by atoms with Gasteiger partial charge in [-0.15, -0.1) is 0 Å². The lowest BCUT2D eigenvalue weighted by molar-refractivity contribution is 0.214. The highest BCUT2D eigenvalue weighted by Crippen LogP contribution is 2.31. The molecule has 0 radical (unpaired) electrons. The molecule has 0 aliphatic heterocycles. The highest BCUT2D eigenvalue weighted by atomic mass is 16.5. The second-order valence-electron chi connectivity index (χ2n) is 3.41. The van der Waals surface area contributed by atoms with Crippen LogP contribution in [-0.2, 0) is 0 Å². The van der Waals surface area contributed by atoms with Crippen LogP contribution in [0.15, 0.2) is 24.4 Å². The topological polar surface area (TPSA) is 80.3 Å². The van der Waals surface area contributed by atoms with Crippen LogP contribution in [0.4, 0.5) is 0 Å². The minimum absolute atomic E-state index is 0.456. The maximum absolute atomic E-state index is 10.0. The second-order valence-corrected chi connectivity index (χ2v) is 3.41. The van der Waals surface area contributed by atoms with Crippen LogP contribution in [0.5, 0.6) is 11.5 Å². The average molecular weight is 235 g/mol. The number of aromatic nitrogens is 3. The zero-order valence-corrected chi connectivity index (χ0v) is 9.54. The van der Waals surface area contributed by atoms with E-state index in [1.807, 2.05) is 0 Å². The summed E-state index contributed by atoms with van der Waals surface area (Å²) >= 11 is 0. The van der Waals surface area contributed by atoms with Crippen LogP contribution in [-0.4, -0.2) is 34.7 Å². The van der Waals surface area contributed by atoms with Gasteiger partial charge in [-0.05, 0) is 17.7 Å². The normalized spacial score (nSPS) is 12.2. The molecule has 0 saturated heterocycles. The van der Waals surface area contributed by atoms with Crippen molar-refractivity contribution < 1.29 is 14.6 Å². The number of H-pyrrole nitrogens is 1. The third kappa shape index (κ3) is 2.21. The van der Waals surface area contributed by atoms with E-state index >= 15 is 0 Å². The van der Waals surface area contributed by atoms with Gasteiger partial charge in [0.2, 0.25) is 0 Å². The van der Waals surface area contributed by atoms with Crippen molar-refractivity contribution in [1.29, 1.82) is 0 Å². The maximum atomic E-state index is 10.0. The van der Waals surface area contributed by atoms with Gasteiger partial charge in [0.15, 0.2) is 11.5 Å². The number of benzene rings is 1. The molecule has 90 valence electrons. The summed E-state index contributed by atoms with van der Waals surface area (Å²) in [7, 11) is 3.11. The minimum atomic E-state index is -0.839. The molecule has 2 N–H and O–H groups in total. The largest absolute Gasteiger partial charge is 0.493 e. The molecule has 6 nitrogen and oxygen atoms in total. The van der Waals surface area contributed by atoms with Crippen molar-refractivity contribution in [3.05, 3.63) is 35.7 Å². The van der Waals surface area contributed by atoms with Crippen molar-refractivity contribution in [3.63, 3.8) is 0 Å². The SMILES string of the molecule is COc1ccc(C(O)c2cn[nH]n2)cc1OC. The molecule has 1 aromatic carbocycles. The Kier molecular flexibility index (Phi) is 3.24. The predicted octanol–water partition coefficient (Wildman–Crippen LogP) is 0.904. The minimum Gasteiger partial charge on any atom is -0.493 e. The molecular weight excluding hydrogens is 222 g/mol. The summed E-state index contributed by atoms with van der Waals surface area (Å²) in [5.74, 6) is 1.18. The van der Waals surface area contributed by atoms with Gasteiger partial charge in [0.1, 0.15) is 11.8 Å². The highest BCUT2D eigenvalue weighted by Gasteiger charge is 2.15. The molecule has 0 bridgehead atoms. The standard InChI is InChI=1S/C11H13N3O3/c1-16-9-4-3-7(5-10(9)17-2)11(15)8-6-12-14-13-8/h3-6,11,15H,1-2H3,(H,12,13,14). The molecule has 0 saturated carbocycles. The zero-order valence-electron chi connectivity index (χ0n) is 9.54. The molecule has 0 spiro atoms. The van der Waals surface area contributed by atoms with Crippen LogP contribution >= 0.6 is 0 Å². The molecular formula is C11H13N3O3. The van der Waals surface area contributed by atoms with E-state index in [1.54, 1.807) is 32.4 Å². The molecule has 0 fully saturated rings. The molecule has 1 heterocycles. The monoisotopic (exact) mass is 235 g/mol. The first-order chi connectivity index (χ1) is 8.26. The summed E-state index contributed by atoms with van der Waals surface area (Å²) in [5, 5.41) is 20.0. The van der Waals surface area contributed by atoms with Gasteiger partial charge >= 0.3 is 0 Å². The number of aliphatic hydroxyl groups is 1. The fraction of sp³-hybridized carbons (Fsp3) is 0.273. The first kappa shape index (κ1) is 11.4. The maximum Gasteiger partial charge on any atom is 0.161 e. The Morgan fingerprint density at radius 2 is 2.00 bits per heavy atom. The van der Waals surface area contributed by atoms with Gasteiger partial charge in [-0.25, -0.2) is 0 Å². The first-order valence-corrected chi connectivity index (χ1v) is 5.02. The second kappa shape index (κ2) is 4.84. The van der Waals surface area contributed by atoms with Crippen molar-refractivity contribution in [1.82, 2.24) is 15.4 Å². The van der Waals surface area contributed by atoms with E-state index < -0.39 is 6.10 Å². The number of aromatic amines is 1. The number of aliphatic hydroxyl groups excluding tert-OH is 1. The summed E-state index contributed by atoms with van der Waals surface area (Å²) < 4.78 is 10.3. The van der Waals surface area contributed by atoms with Gasteiger partial charge in [-0.2, -0.15) is 15.4 Å². The van der Waals surface area contributed by atoms with E-state index in [4.69, 9.17) is 9.47 Å². The van der Waals surface area contributed by atoms with Crippen LogP contribution in [0.3, 0.4) is 0 Å². The van der Waals surface area contributed by atoms with Gasteiger partial charge < -0.3 is 14.6 Å². The van der Waals surface area contributed by atoms with Crippen LogP contribution in [0.2, 0.25) is 0 Å². The highest BCUT2D eigenvalue weighted by molar-refractivity contribution is 5.44. The van der Waals surface area contributed by atoms with E-state index in [9.17, 15) is 5.11 Å². The Balaban J connectivity index is 2.33. The Hall–Kier alpha value is -2.08. The fourth-order valence-corrected chi connectivity index (χ4v) is 1.54. The molecule has 6 heteroatoms.